The van der Waals surface area contributed by atoms with Crippen molar-refractivity contribution >= 4 is 45.1 Å². The number of hydrogen-bond acceptors (Lipinski definition) is 2. The molecule has 0 N–H and O–H groups in total. The number of anilines is 2. The number of likely N-dealkylation sites (N-methyl/N-ethyl adjacent to an activating group) is 2. The van der Waals surface area contributed by atoms with Crippen LogP contribution in [0.25, 0.3) is 78.2 Å². The van der Waals surface area contributed by atoms with Gasteiger partial charge in [0, 0.05) is 36.3 Å². The Labute approximate surface area is 280 Å². The summed E-state index contributed by atoms with van der Waals surface area (Å²) >= 11 is 0. The van der Waals surface area contributed by atoms with Crippen molar-refractivity contribution in [3.63, 3.8) is 0 Å². The Bertz CT molecular complexity index is 2410. The molecule has 11 rings (SSSR count). The van der Waals surface area contributed by atoms with Crippen LogP contribution in [-0.2, 0) is 0 Å². The van der Waals surface area contributed by atoms with Crippen molar-refractivity contribution in [1.29, 1.82) is 0 Å². The Balaban J connectivity index is 1.39. The molecule has 0 radical (unpaired) electrons. The minimum absolute atomic E-state index is 0.133. The smallest absolute Gasteiger partial charge is 0.0739 e. The second kappa shape index (κ2) is 9.36. The normalized spacial score (nSPS) is 17.5. The Hall–Kier alpha value is -5.86. The fourth-order valence-electron chi connectivity index (χ4n) is 9.43. The summed E-state index contributed by atoms with van der Waals surface area (Å²) in [5.74, 6) is 0. The molecule has 0 spiro atoms. The molecule has 2 unspecified atom stereocenters. The van der Waals surface area contributed by atoms with Gasteiger partial charge in [0.15, 0.2) is 0 Å². The minimum atomic E-state index is 0.133. The molecule has 0 amide bonds. The average Bonchev–Trinajstić information content (AvgIpc) is 3.14. The lowest BCUT2D eigenvalue weighted by Gasteiger charge is -2.46. The fourth-order valence-corrected chi connectivity index (χ4v) is 9.43. The summed E-state index contributed by atoms with van der Waals surface area (Å²) in [6, 6.07) is 45.5. The van der Waals surface area contributed by atoms with E-state index in [1.165, 1.54) is 99.7 Å². The maximum absolute atomic E-state index is 2.57. The minimum Gasteiger partial charge on any atom is -0.363 e. The molecular formula is C46H32N2. The van der Waals surface area contributed by atoms with E-state index >= 15 is 0 Å². The van der Waals surface area contributed by atoms with Crippen molar-refractivity contribution < 1.29 is 0 Å². The molecule has 0 saturated carbocycles. The third-order valence-electron chi connectivity index (χ3n) is 11.4. The van der Waals surface area contributed by atoms with Crippen molar-refractivity contribution in [3.05, 3.63) is 156 Å². The molecule has 2 heterocycles. The van der Waals surface area contributed by atoms with Crippen LogP contribution in [0, 0.1) is 0 Å². The summed E-state index contributed by atoms with van der Waals surface area (Å²) in [4.78, 5) is 5.14. The van der Waals surface area contributed by atoms with Crippen molar-refractivity contribution in [2.75, 3.05) is 23.9 Å². The van der Waals surface area contributed by atoms with Crippen molar-refractivity contribution in [2.24, 2.45) is 0 Å². The molecule has 2 aliphatic carbocycles. The van der Waals surface area contributed by atoms with Crippen LogP contribution in [0.15, 0.2) is 133 Å². The van der Waals surface area contributed by atoms with Gasteiger partial charge in [0.25, 0.3) is 0 Å². The van der Waals surface area contributed by atoms with E-state index in [1.807, 2.05) is 0 Å². The molecule has 0 aromatic heterocycles. The first-order valence-corrected chi connectivity index (χ1v) is 17.0. The highest BCUT2D eigenvalue weighted by atomic mass is 15.2. The molecule has 2 atom stereocenters. The van der Waals surface area contributed by atoms with E-state index in [2.05, 4.69) is 170 Å². The molecule has 7 aromatic rings. The number of rotatable bonds is 2. The van der Waals surface area contributed by atoms with Gasteiger partial charge in [0.1, 0.15) is 0 Å². The molecule has 226 valence electrons. The molecular weight excluding hydrogens is 581 g/mol. The molecule has 2 nitrogen and oxygen atoms in total. The van der Waals surface area contributed by atoms with E-state index in [1.54, 1.807) is 0 Å². The Morgan fingerprint density at radius 3 is 1.29 bits per heavy atom. The first kappa shape index (κ1) is 26.2. The van der Waals surface area contributed by atoms with Gasteiger partial charge in [-0.1, -0.05) is 146 Å². The van der Waals surface area contributed by atoms with Crippen molar-refractivity contribution in [3.8, 4) is 44.5 Å². The van der Waals surface area contributed by atoms with Crippen LogP contribution in [0.5, 0.6) is 0 Å². The van der Waals surface area contributed by atoms with E-state index in [9.17, 15) is 0 Å². The monoisotopic (exact) mass is 612 g/mol. The zero-order valence-corrected chi connectivity index (χ0v) is 26.9. The Morgan fingerprint density at radius 1 is 0.417 bits per heavy atom. The number of nitrogens with zero attached hydrogens (tertiary/aromatic N) is 2. The summed E-state index contributed by atoms with van der Waals surface area (Å²) in [6.45, 7) is 0. The van der Waals surface area contributed by atoms with Crippen LogP contribution in [0.1, 0.15) is 34.3 Å². The highest BCUT2D eigenvalue weighted by molar-refractivity contribution is 6.19. The van der Waals surface area contributed by atoms with E-state index in [0.29, 0.717) is 0 Å². The van der Waals surface area contributed by atoms with Crippen LogP contribution in [-0.4, -0.2) is 14.1 Å². The number of fused-ring (bicyclic) bond motifs is 4. The Kier molecular flexibility index (Phi) is 5.12. The third-order valence-corrected chi connectivity index (χ3v) is 11.4. The predicted octanol–water partition coefficient (Wildman–Crippen LogP) is 11.7. The van der Waals surface area contributed by atoms with Gasteiger partial charge in [-0.05, 0) is 66.1 Å². The lowest BCUT2D eigenvalue weighted by Crippen LogP contribution is -2.33. The van der Waals surface area contributed by atoms with Crippen LogP contribution in [0.2, 0.25) is 0 Å². The van der Waals surface area contributed by atoms with Crippen LogP contribution < -0.4 is 9.80 Å². The molecule has 2 heteroatoms. The average molecular weight is 613 g/mol. The van der Waals surface area contributed by atoms with Gasteiger partial charge in [-0.2, -0.15) is 0 Å². The first-order chi connectivity index (χ1) is 23.7. The molecule has 2 aliphatic heterocycles. The van der Waals surface area contributed by atoms with Crippen LogP contribution in [0.3, 0.4) is 0 Å². The summed E-state index contributed by atoms with van der Waals surface area (Å²) in [6.07, 6.45) is 9.51. The second-order valence-corrected chi connectivity index (χ2v) is 13.7. The maximum atomic E-state index is 2.57. The van der Waals surface area contributed by atoms with E-state index < -0.39 is 0 Å². The largest absolute Gasteiger partial charge is 0.363 e. The van der Waals surface area contributed by atoms with Crippen LogP contribution >= 0.6 is 0 Å². The molecule has 0 fully saturated rings. The van der Waals surface area contributed by atoms with Crippen molar-refractivity contribution in [2.45, 2.75) is 12.1 Å². The highest BCUT2D eigenvalue weighted by Crippen LogP contribution is 2.64. The lowest BCUT2D eigenvalue weighted by atomic mass is 9.72. The highest BCUT2D eigenvalue weighted by Gasteiger charge is 2.42. The summed E-state index contributed by atoms with van der Waals surface area (Å²) in [5.41, 5.74) is 18.5. The van der Waals surface area contributed by atoms with E-state index in [-0.39, 0.29) is 12.1 Å². The van der Waals surface area contributed by atoms with E-state index in [4.69, 9.17) is 0 Å². The van der Waals surface area contributed by atoms with Gasteiger partial charge in [-0.25, -0.2) is 0 Å². The van der Waals surface area contributed by atoms with Gasteiger partial charge >= 0.3 is 0 Å². The zero-order chi connectivity index (χ0) is 31.7. The van der Waals surface area contributed by atoms with Crippen molar-refractivity contribution in [1.82, 2.24) is 0 Å². The Morgan fingerprint density at radius 2 is 0.854 bits per heavy atom. The van der Waals surface area contributed by atoms with Gasteiger partial charge in [-0.15, -0.1) is 0 Å². The number of hydrogen-bond donors (Lipinski definition) is 0. The molecule has 4 aliphatic rings. The van der Waals surface area contributed by atoms with Gasteiger partial charge in [0.05, 0.1) is 23.5 Å². The maximum Gasteiger partial charge on any atom is 0.0739 e. The zero-order valence-electron chi connectivity index (χ0n) is 26.9. The quantitative estimate of drug-likeness (QED) is 0.192. The van der Waals surface area contributed by atoms with Gasteiger partial charge in [-0.3, -0.25) is 0 Å². The van der Waals surface area contributed by atoms with Gasteiger partial charge in [0.2, 0.25) is 0 Å². The molecule has 0 bridgehead atoms. The fraction of sp³-hybridized carbons (Fsp3) is 0.0870. The summed E-state index contributed by atoms with van der Waals surface area (Å²) in [7, 11) is 4.63. The number of benzene rings is 7. The first-order valence-electron chi connectivity index (χ1n) is 17.0. The SMILES string of the molecule is CN1c2c(-c3ccccc3)c3c(c(-c4ccccc4)c2-c2ccc4cccc5c4c2C1C=C5)N(C)C1C=Cc2cccc4ccc-3c1c24. The van der Waals surface area contributed by atoms with E-state index in [0.717, 1.165) is 0 Å². The summed E-state index contributed by atoms with van der Waals surface area (Å²) < 4.78 is 0. The van der Waals surface area contributed by atoms with Gasteiger partial charge < -0.3 is 9.80 Å². The third kappa shape index (κ3) is 3.22. The molecule has 0 saturated heterocycles. The lowest BCUT2D eigenvalue weighted by molar-refractivity contribution is 0.799. The van der Waals surface area contributed by atoms with Crippen LogP contribution in [0.4, 0.5) is 11.4 Å². The summed E-state index contributed by atoms with van der Waals surface area (Å²) in [5, 5.41) is 5.37. The predicted molar refractivity (Wildman–Crippen MR) is 204 cm³/mol. The topological polar surface area (TPSA) is 6.48 Å². The molecule has 48 heavy (non-hydrogen) atoms. The standard InChI is InChI=1S/C46H32N2/c1-47-35-25-21-31-17-9-15-29-19-23-33(41(35)37(29)31)43-40(28-13-7-4-8-14-28)46-44(39(45(43)47)27-11-5-3-6-12-27)34-24-20-30-16-10-18-32-22-26-36(48(46)2)42(34)38(30)32/h3-26,35-36H,1-2H3. The molecule has 7 aromatic carbocycles. The second-order valence-electron chi connectivity index (χ2n) is 13.7.